The lowest BCUT2D eigenvalue weighted by molar-refractivity contribution is 0.0511. The summed E-state index contributed by atoms with van der Waals surface area (Å²) >= 11 is 6.22. The molecule has 7 heteroatoms. The number of rotatable bonds is 6. The smallest absolute Gasteiger partial charge is 0.256 e. The van der Waals surface area contributed by atoms with E-state index in [9.17, 15) is 13.6 Å². The molecular weight excluding hydrogens is 328 g/mol. The number of pyridine rings is 1. The van der Waals surface area contributed by atoms with E-state index in [-0.39, 0.29) is 6.79 Å². The SMILES string of the molecule is COCOc1ccc(-c2ccc(C)c(=O)n2CC(F)F)c(Cl)c1. The topological polar surface area (TPSA) is 40.5 Å². The molecule has 1 aromatic heterocycles. The highest BCUT2D eigenvalue weighted by Crippen LogP contribution is 2.31. The van der Waals surface area contributed by atoms with Crippen molar-refractivity contribution in [2.75, 3.05) is 13.9 Å². The molecule has 0 saturated carbocycles. The van der Waals surface area contributed by atoms with Crippen LogP contribution in [0.15, 0.2) is 35.1 Å². The van der Waals surface area contributed by atoms with Gasteiger partial charge in [0.1, 0.15) is 5.75 Å². The second-order valence-corrected chi connectivity index (χ2v) is 5.31. The third-order valence-corrected chi connectivity index (χ3v) is 3.56. The molecule has 2 rings (SSSR count). The van der Waals surface area contributed by atoms with E-state index in [1.807, 2.05) is 0 Å². The zero-order chi connectivity index (χ0) is 17.0. The van der Waals surface area contributed by atoms with Gasteiger partial charge in [0.15, 0.2) is 6.79 Å². The fourth-order valence-corrected chi connectivity index (χ4v) is 2.43. The van der Waals surface area contributed by atoms with Gasteiger partial charge in [0, 0.05) is 18.2 Å². The number of alkyl halides is 2. The summed E-state index contributed by atoms with van der Waals surface area (Å²) in [6.07, 6.45) is -2.64. The highest BCUT2D eigenvalue weighted by molar-refractivity contribution is 6.33. The van der Waals surface area contributed by atoms with Crippen LogP contribution < -0.4 is 10.3 Å². The summed E-state index contributed by atoms with van der Waals surface area (Å²) in [5.41, 5.74) is 0.752. The standard InChI is InChI=1S/C16H16ClF2NO3/c1-10-3-6-14(20(16(10)21)8-15(18)19)12-5-4-11(7-13(12)17)23-9-22-2/h3-7,15H,8-9H2,1-2H3. The minimum atomic E-state index is -2.64. The first kappa shape index (κ1) is 17.4. The van der Waals surface area contributed by atoms with Crippen molar-refractivity contribution in [1.82, 2.24) is 4.57 Å². The molecule has 1 aromatic carbocycles. The highest BCUT2D eigenvalue weighted by atomic mass is 35.5. The molecule has 0 radical (unpaired) electrons. The summed E-state index contributed by atoms with van der Waals surface area (Å²) in [4.78, 5) is 12.2. The number of hydrogen-bond acceptors (Lipinski definition) is 3. The van der Waals surface area contributed by atoms with Crippen molar-refractivity contribution < 1.29 is 18.3 Å². The van der Waals surface area contributed by atoms with Gasteiger partial charge in [0.05, 0.1) is 17.3 Å². The normalized spacial score (nSPS) is 11.0. The third kappa shape index (κ3) is 4.09. The fourth-order valence-electron chi connectivity index (χ4n) is 2.16. The summed E-state index contributed by atoms with van der Waals surface area (Å²) < 4.78 is 36.7. The van der Waals surface area contributed by atoms with Gasteiger partial charge in [-0.1, -0.05) is 17.7 Å². The van der Waals surface area contributed by atoms with Gasteiger partial charge in [-0.2, -0.15) is 0 Å². The van der Waals surface area contributed by atoms with Crippen LogP contribution in [0.5, 0.6) is 5.75 Å². The van der Waals surface area contributed by atoms with Crippen LogP contribution in [-0.2, 0) is 11.3 Å². The van der Waals surface area contributed by atoms with Gasteiger partial charge in [0.2, 0.25) is 0 Å². The molecule has 0 aliphatic heterocycles. The first-order chi connectivity index (χ1) is 10.9. The Morgan fingerprint density at radius 3 is 2.61 bits per heavy atom. The van der Waals surface area contributed by atoms with Crippen LogP contribution in [0, 0.1) is 6.92 Å². The number of methoxy groups -OCH3 is 1. The van der Waals surface area contributed by atoms with Gasteiger partial charge in [-0.25, -0.2) is 8.78 Å². The van der Waals surface area contributed by atoms with Gasteiger partial charge in [-0.3, -0.25) is 4.79 Å². The van der Waals surface area contributed by atoms with Gasteiger partial charge in [-0.15, -0.1) is 0 Å². The Hall–Kier alpha value is -1.92. The van der Waals surface area contributed by atoms with Gasteiger partial charge >= 0.3 is 0 Å². The Labute approximate surface area is 137 Å². The molecule has 4 nitrogen and oxygen atoms in total. The number of aryl methyl sites for hydroxylation is 1. The quantitative estimate of drug-likeness (QED) is 0.750. The molecule has 0 atom stereocenters. The Morgan fingerprint density at radius 2 is 2.00 bits per heavy atom. The molecule has 0 saturated heterocycles. The molecule has 23 heavy (non-hydrogen) atoms. The van der Waals surface area contributed by atoms with Gasteiger partial charge in [-0.05, 0) is 31.2 Å². The molecule has 1 heterocycles. The van der Waals surface area contributed by atoms with Crippen molar-refractivity contribution in [3.8, 4) is 17.0 Å². The lowest BCUT2D eigenvalue weighted by Crippen LogP contribution is -2.26. The first-order valence-electron chi connectivity index (χ1n) is 6.84. The summed E-state index contributed by atoms with van der Waals surface area (Å²) in [6, 6.07) is 8.00. The average molecular weight is 344 g/mol. The Balaban J connectivity index is 2.49. The molecule has 2 aromatic rings. The monoisotopic (exact) mass is 343 g/mol. The first-order valence-corrected chi connectivity index (χ1v) is 7.22. The van der Waals surface area contributed by atoms with E-state index in [0.717, 1.165) is 4.57 Å². The lowest BCUT2D eigenvalue weighted by Gasteiger charge is -2.15. The van der Waals surface area contributed by atoms with Crippen molar-refractivity contribution in [2.24, 2.45) is 0 Å². The zero-order valence-electron chi connectivity index (χ0n) is 12.7. The summed E-state index contributed by atoms with van der Waals surface area (Å²) in [6.45, 7) is 0.960. The maximum atomic E-state index is 12.8. The van der Waals surface area contributed by atoms with Crippen LogP contribution in [0.25, 0.3) is 11.3 Å². The third-order valence-electron chi connectivity index (χ3n) is 3.25. The Morgan fingerprint density at radius 1 is 1.26 bits per heavy atom. The van der Waals surface area contributed by atoms with E-state index >= 15 is 0 Å². The number of halogens is 3. The summed E-state index contributed by atoms with van der Waals surface area (Å²) in [5, 5.41) is 0.296. The van der Waals surface area contributed by atoms with Crippen LogP contribution in [0.1, 0.15) is 5.56 Å². The van der Waals surface area contributed by atoms with E-state index in [4.69, 9.17) is 21.1 Å². The molecule has 124 valence electrons. The fraction of sp³-hybridized carbons (Fsp3) is 0.312. The van der Waals surface area contributed by atoms with Crippen molar-refractivity contribution >= 4 is 11.6 Å². The number of nitrogens with zero attached hydrogens (tertiary/aromatic N) is 1. The Kier molecular flexibility index (Phi) is 5.74. The zero-order valence-corrected chi connectivity index (χ0v) is 13.4. The number of ether oxygens (including phenoxy) is 2. The van der Waals surface area contributed by atoms with Crippen molar-refractivity contribution in [1.29, 1.82) is 0 Å². The van der Waals surface area contributed by atoms with Gasteiger partial charge in [0.25, 0.3) is 12.0 Å². The molecule has 0 amide bonds. The molecule has 0 spiro atoms. The summed E-state index contributed by atoms with van der Waals surface area (Å²) in [7, 11) is 1.49. The second kappa shape index (κ2) is 7.57. The van der Waals surface area contributed by atoms with Crippen molar-refractivity contribution in [2.45, 2.75) is 19.9 Å². The van der Waals surface area contributed by atoms with E-state index in [1.165, 1.54) is 7.11 Å². The van der Waals surface area contributed by atoms with Crippen molar-refractivity contribution in [3.05, 3.63) is 51.3 Å². The minimum Gasteiger partial charge on any atom is -0.468 e. The largest absolute Gasteiger partial charge is 0.468 e. The molecule has 0 bridgehead atoms. The number of aromatic nitrogens is 1. The van der Waals surface area contributed by atoms with E-state index in [0.29, 0.717) is 27.6 Å². The average Bonchev–Trinajstić information content (AvgIpc) is 2.50. The number of benzene rings is 1. The molecule has 0 aliphatic carbocycles. The second-order valence-electron chi connectivity index (χ2n) is 4.90. The Bertz CT molecular complexity index is 747. The van der Waals surface area contributed by atoms with E-state index in [1.54, 1.807) is 37.3 Å². The lowest BCUT2D eigenvalue weighted by atomic mass is 10.1. The van der Waals surface area contributed by atoms with E-state index < -0.39 is 18.5 Å². The maximum Gasteiger partial charge on any atom is 0.256 e. The summed E-state index contributed by atoms with van der Waals surface area (Å²) in [5.74, 6) is 0.482. The van der Waals surface area contributed by atoms with Crippen LogP contribution >= 0.6 is 11.6 Å². The molecule has 0 N–H and O–H groups in total. The van der Waals surface area contributed by atoms with Crippen LogP contribution in [0.2, 0.25) is 5.02 Å². The highest BCUT2D eigenvalue weighted by Gasteiger charge is 2.15. The van der Waals surface area contributed by atoms with Crippen LogP contribution in [0.4, 0.5) is 8.78 Å². The number of hydrogen-bond donors (Lipinski definition) is 0. The van der Waals surface area contributed by atoms with Crippen LogP contribution in [0.3, 0.4) is 0 Å². The molecule has 0 unspecified atom stereocenters. The van der Waals surface area contributed by atoms with Crippen LogP contribution in [-0.4, -0.2) is 24.9 Å². The molecular formula is C16H16ClF2NO3. The predicted octanol–water partition coefficient (Wildman–Crippen LogP) is 3.72. The molecule has 0 aliphatic rings. The van der Waals surface area contributed by atoms with Crippen molar-refractivity contribution in [3.63, 3.8) is 0 Å². The van der Waals surface area contributed by atoms with E-state index in [2.05, 4.69) is 0 Å². The predicted molar refractivity (Wildman–Crippen MR) is 84.4 cm³/mol. The van der Waals surface area contributed by atoms with Gasteiger partial charge < -0.3 is 14.0 Å². The molecule has 0 fully saturated rings. The maximum absolute atomic E-state index is 12.8. The minimum absolute atomic E-state index is 0.0658.